The third-order valence-corrected chi connectivity index (χ3v) is 3.96. The van der Waals surface area contributed by atoms with Crippen LogP contribution in [-0.2, 0) is 4.79 Å². The lowest BCUT2D eigenvalue weighted by Crippen LogP contribution is -2.25. The predicted octanol–water partition coefficient (Wildman–Crippen LogP) is 3.55. The SMILES string of the molecule is COc1ccc(/C=C(/C#N)C(=O)Nn2c(C)ccc2C)cc1Br. The first-order chi connectivity index (χ1) is 11.0. The number of aryl methyl sites for hydroxylation is 2. The number of hydrogen-bond donors (Lipinski definition) is 1. The zero-order valence-corrected chi connectivity index (χ0v) is 14.6. The second-order valence-corrected chi connectivity index (χ2v) is 5.81. The van der Waals surface area contributed by atoms with Crippen molar-refractivity contribution in [2.45, 2.75) is 13.8 Å². The van der Waals surface area contributed by atoms with Crippen LogP contribution in [0.4, 0.5) is 0 Å². The fourth-order valence-corrected chi connectivity index (χ4v) is 2.65. The highest BCUT2D eigenvalue weighted by atomic mass is 79.9. The monoisotopic (exact) mass is 373 g/mol. The van der Waals surface area contributed by atoms with Gasteiger partial charge in [0.05, 0.1) is 11.6 Å². The van der Waals surface area contributed by atoms with Gasteiger partial charge in [0.1, 0.15) is 17.4 Å². The van der Waals surface area contributed by atoms with Crippen molar-refractivity contribution >= 4 is 27.9 Å². The van der Waals surface area contributed by atoms with E-state index in [1.54, 1.807) is 30.0 Å². The van der Waals surface area contributed by atoms with Crippen LogP contribution < -0.4 is 10.2 Å². The number of amides is 1. The minimum absolute atomic E-state index is 0.0227. The third kappa shape index (κ3) is 3.82. The highest BCUT2D eigenvalue weighted by Gasteiger charge is 2.12. The Kier molecular flexibility index (Phi) is 5.24. The number of ether oxygens (including phenoxy) is 1. The average Bonchev–Trinajstić information content (AvgIpc) is 2.84. The van der Waals surface area contributed by atoms with E-state index in [1.807, 2.05) is 32.0 Å². The summed E-state index contributed by atoms with van der Waals surface area (Å²) in [5, 5.41) is 9.27. The molecule has 6 heteroatoms. The van der Waals surface area contributed by atoms with Gasteiger partial charge in [-0.15, -0.1) is 0 Å². The van der Waals surface area contributed by atoms with Crippen molar-refractivity contribution in [3.8, 4) is 11.8 Å². The zero-order valence-electron chi connectivity index (χ0n) is 13.1. The first-order valence-electron chi connectivity index (χ1n) is 6.88. The quantitative estimate of drug-likeness (QED) is 0.658. The maximum atomic E-state index is 12.3. The second kappa shape index (κ2) is 7.16. The first kappa shape index (κ1) is 16.8. The van der Waals surface area contributed by atoms with Crippen LogP contribution in [0.3, 0.4) is 0 Å². The lowest BCUT2D eigenvalue weighted by atomic mass is 10.1. The Balaban J connectivity index is 2.27. The van der Waals surface area contributed by atoms with Crippen LogP contribution in [0.5, 0.6) is 5.75 Å². The Morgan fingerprint density at radius 1 is 1.30 bits per heavy atom. The van der Waals surface area contributed by atoms with Crippen molar-refractivity contribution in [1.82, 2.24) is 4.68 Å². The van der Waals surface area contributed by atoms with Crippen molar-refractivity contribution in [2.24, 2.45) is 0 Å². The molecular formula is C17H16BrN3O2. The molecule has 0 radical (unpaired) electrons. The average molecular weight is 374 g/mol. The van der Waals surface area contributed by atoms with Crippen molar-refractivity contribution in [1.29, 1.82) is 5.26 Å². The van der Waals surface area contributed by atoms with Gasteiger partial charge in [-0.05, 0) is 65.7 Å². The van der Waals surface area contributed by atoms with Crippen molar-refractivity contribution < 1.29 is 9.53 Å². The number of methoxy groups -OCH3 is 1. The second-order valence-electron chi connectivity index (χ2n) is 4.96. The van der Waals surface area contributed by atoms with E-state index in [-0.39, 0.29) is 5.57 Å². The number of nitrogens with one attached hydrogen (secondary N) is 1. The van der Waals surface area contributed by atoms with E-state index in [0.717, 1.165) is 21.4 Å². The summed E-state index contributed by atoms with van der Waals surface area (Å²) < 4.78 is 7.56. The fourth-order valence-electron chi connectivity index (χ4n) is 2.09. The number of halogens is 1. The molecule has 0 spiro atoms. The summed E-state index contributed by atoms with van der Waals surface area (Å²) in [6.45, 7) is 3.76. The van der Waals surface area contributed by atoms with E-state index >= 15 is 0 Å². The molecule has 2 aromatic rings. The molecule has 118 valence electrons. The van der Waals surface area contributed by atoms with E-state index in [9.17, 15) is 10.1 Å². The van der Waals surface area contributed by atoms with Crippen molar-refractivity contribution in [3.63, 3.8) is 0 Å². The smallest absolute Gasteiger partial charge is 0.280 e. The largest absolute Gasteiger partial charge is 0.496 e. The molecule has 0 saturated heterocycles. The molecule has 0 aliphatic heterocycles. The normalized spacial score (nSPS) is 11.0. The van der Waals surface area contributed by atoms with E-state index in [4.69, 9.17) is 4.74 Å². The van der Waals surface area contributed by atoms with Gasteiger partial charge in [0.15, 0.2) is 0 Å². The molecule has 0 bridgehead atoms. The van der Waals surface area contributed by atoms with Gasteiger partial charge in [-0.25, -0.2) is 0 Å². The topological polar surface area (TPSA) is 67.0 Å². The van der Waals surface area contributed by atoms with Crippen LogP contribution in [0, 0.1) is 25.2 Å². The van der Waals surface area contributed by atoms with Crippen LogP contribution in [0.15, 0.2) is 40.4 Å². The summed E-state index contributed by atoms with van der Waals surface area (Å²) in [5.74, 6) is 0.227. The van der Waals surface area contributed by atoms with E-state index in [2.05, 4.69) is 21.4 Å². The molecule has 0 fully saturated rings. The number of benzene rings is 1. The maximum absolute atomic E-state index is 12.3. The fraction of sp³-hybridized carbons (Fsp3) is 0.176. The zero-order chi connectivity index (χ0) is 17.0. The molecule has 0 atom stereocenters. The number of nitriles is 1. The minimum atomic E-state index is -0.457. The Morgan fingerprint density at radius 3 is 2.48 bits per heavy atom. The lowest BCUT2D eigenvalue weighted by molar-refractivity contribution is -0.113. The molecule has 1 amide bonds. The summed E-state index contributed by atoms with van der Waals surface area (Å²) in [7, 11) is 1.57. The molecule has 5 nitrogen and oxygen atoms in total. The standard InChI is InChI=1S/C17H16BrN3O2/c1-11-4-5-12(2)21(11)20-17(22)14(10-19)8-13-6-7-16(23-3)15(18)9-13/h4-9H,1-3H3,(H,20,22)/b14-8-. The van der Waals surface area contributed by atoms with E-state index in [0.29, 0.717) is 5.75 Å². The molecule has 2 rings (SSSR count). The van der Waals surface area contributed by atoms with Crippen LogP contribution in [-0.4, -0.2) is 17.7 Å². The van der Waals surface area contributed by atoms with Gasteiger partial charge >= 0.3 is 0 Å². The van der Waals surface area contributed by atoms with E-state index in [1.165, 1.54) is 6.08 Å². The Bertz CT molecular complexity index is 796. The number of hydrogen-bond acceptors (Lipinski definition) is 3. The predicted molar refractivity (Wildman–Crippen MR) is 92.6 cm³/mol. The van der Waals surface area contributed by atoms with Crippen LogP contribution >= 0.6 is 15.9 Å². The molecule has 1 aromatic carbocycles. The highest BCUT2D eigenvalue weighted by Crippen LogP contribution is 2.26. The summed E-state index contributed by atoms with van der Waals surface area (Å²) >= 11 is 3.38. The number of carbonyl (C=O) groups excluding carboxylic acids is 1. The molecule has 0 aliphatic carbocycles. The first-order valence-corrected chi connectivity index (χ1v) is 7.67. The molecule has 0 aliphatic rings. The maximum Gasteiger partial charge on any atom is 0.280 e. The molecular weight excluding hydrogens is 358 g/mol. The van der Waals surface area contributed by atoms with Gasteiger partial charge in [-0.3, -0.25) is 14.9 Å². The Hall–Kier alpha value is -2.52. The minimum Gasteiger partial charge on any atom is -0.496 e. The lowest BCUT2D eigenvalue weighted by Gasteiger charge is -2.10. The van der Waals surface area contributed by atoms with Crippen molar-refractivity contribution in [3.05, 3.63) is 57.3 Å². The molecule has 23 heavy (non-hydrogen) atoms. The van der Waals surface area contributed by atoms with Crippen LogP contribution in [0.2, 0.25) is 0 Å². The number of nitrogens with zero attached hydrogens (tertiary/aromatic N) is 2. The summed E-state index contributed by atoms with van der Waals surface area (Å²) in [6.07, 6.45) is 1.54. The van der Waals surface area contributed by atoms with Gasteiger partial charge in [-0.2, -0.15) is 5.26 Å². The molecule has 1 N–H and O–H groups in total. The summed E-state index contributed by atoms with van der Waals surface area (Å²) in [6, 6.07) is 11.1. The molecule has 0 saturated carbocycles. The van der Waals surface area contributed by atoms with Gasteiger partial charge in [0.25, 0.3) is 5.91 Å². The van der Waals surface area contributed by atoms with Gasteiger partial charge in [0, 0.05) is 11.4 Å². The summed E-state index contributed by atoms with van der Waals surface area (Å²) in [5.41, 5.74) is 5.25. The van der Waals surface area contributed by atoms with E-state index < -0.39 is 5.91 Å². The number of carbonyl (C=O) groups is 1. The Morgan fingerprint density at radius 2 is 1.96 bits per heavy atom. The number of rotatable bonds is 4. The molecule has 1 aromatic heterocycles. The Labute approximate surface area is 143 Å². The third-order valence-electron chi connectivity index (χ3n) is 3.34. The number of aromatic nitrogens is 1. The summed E-state index contributed by atoms with van der Waals surface area (Å²) in [4.78, 5) is 12.3. The van der Waals surface area contributed by atoms with Crippen molar-refractivity contribution in [2.75, 3.05) is 12.5 Å². The molecule has 0 unspecified atom stereocenters. The van der Waals surface area contributed by atoms with Gasteiger partial charge < -0.3 is 4.74 Å². The molecule has 1 heterocycles. The van der Waals surface area contributed by atoms with Gasteiger partial charge in [0.2, 0.25) is 0 Å². The highest BCUT2D eigenvalue weighted by molar-refractivity contribution is 9.10. The van der Waals surface area contributed by atoms with Crippen LogP contribution in [0.25, 0.3) is 6.08 Å². The van der Waals surface area contributed by atoms with Crippen LogP contribution in [0.1, 0.15) is 17.0 Å². The van der Waals surface area contributed by atoms with Gasteiger partial charge in [-0.1, -0.05) is 6.07 Å².